The Morgan fingerprint density at radius 1 is 1.25 bits per heavy atom. The van der Waals surface area contributed by atoms with Crippen LogP contribution in [-0.2, 0) is 10.0 Å². The Hall–Kier alpha value is -1.27. The lowest BCUT2D eigenvalue weighted by Crippen LogP contribution is -2.46. The first-order chi connectivity index (χ1) is 9.32. The normalized spacial score (nSPS) is 12.3. The van der Waals surface area contributed by atoms with Crippen molar-refractivity contribution in [3.8, 4) is 5.75 Å². The van der Waals surface area contributed by atoms with Crippen LogP contribution in [0.2, 0.25) is 0 Å². The first-order valence-electron chi connectivity index (χ1n) is 6.81. The summed E-state index contributed by atoms with van der Waals surface area (Å²) in [7, 11) is -3.36. The van der Waals surface area contributed by atoms with Gasteiger partial charge in [0.1, 0.15) is 12.4 Å². The van der Waals surface area contributed by atoms with Crippen molar-refractivity contribution in [1.29, 1.82) is 0 Å². The molecular weight excluding hydrogens is 276 g/mol. The molecule has 114 valence electrons. The lowest BCUT2D eigenvalue weighted by molar-refractivity contribution is 0.338. The van der Waals surface area contributed by atoms with Gasteiger partial charge in [-0.15, -0.1) is 0 Å². The first kappa shape index (κ1) is 16.8. The molecule has 0 heterocycles. The van der Waals surface area contributed by atoms with Crippen LogP contribution in [0.1, 0.15) is 33.6 Å². The monoisotopic (exact) mass is 300 g/mol. The largest absolute Gasteiger partial charge is 0.490 e. The van der Waals surface area contributed by atoms with Crippen molar-refractivity contribution in [3.63, 3.8) is 0 Å². The molecule has 3 N–H and O–H groups in total. The fourth-order valence-electron chi connectivity index (χ4n) is 1.69. The molecule has 1 aromatic carbocycles. The molecule has 0 radical (unpaired) electrons. The summed E-state index contributed by atoms with van der Waals surface area (Å²) in [4.78, 5) is 0. The Bertz CT molecular complexity index is 525. The highest BCUT2D eigenvalue weighted by molar-refractivity contribution is 7.89. The van der Waals surface area contributed by atoms with Crippen molar-refractivity contribution in [2.75, 3.05) is 18.1 Å². The topological polar surface area (TPSA) is 81.4 Å². The molecule has 0 aliphatic heterocycles. The van der Waals surface area contributed by atoms with Crippen LogP contribution in [0.3, 0.4) is 0 Å². The number of nitrogen functional groups attached to an aromatic ring is 1. The first-order valence-corrected chi connectivity index (χ1v) is 8.46. The summed E-state index contributed by atoms with van der Waals surface area (Å²) >= 11 is 0. The molecule has 0 spiro atoms. The summed E-state index contributed by atoms with van der Waals surface area (Å²) in [6.07, 6.45) is 1.49. The number of rotatable bonds is 8. The zero-order valence-corrected chi connectivity index (χ0v) is 13.2. The highest BCUT2D eigenvalue weighted by atomic mass is 32.2. The Morgan fingerprint density at radius 2 is 1.85 bits per heavy atom. The van der Waals surface area contributed by atoms with Crippen molar-refractivity contribution in [2.45, 2.75) is 39.2 Å². The van der Waals surface area contributed by atoms with Crippen molar-refractivity contribution in [2.24, 2.45) is 0 Å². The number of sulfonamides is 1. The summed E-state index contributed by atoms with van der Waals surface area (Å²) in [5.41, 5.74) is 5.83. The van der Waals surface area contributed by atoms with Gasteiger partial charge in [-0.05, 0) is 31.9 Å². The smallest absolute Gasteiger partial charge is 0.215 e. The predicted molar refractivity (Wildman–Crippen MR) is 82.3 cm³/mol. The minimum atomic E-state index is -3.36. The number of ether oxygens (including phenoxy) is 1. The molecule has 0 fully saturated rings. The molecule has 0 aliphatic rings. The summed E-state index contributed by atoms with van der Waals surface area (Å²) in [5, 5.41) is 0. The fraction of sp³-hybridized carbons (Fsp3) is 0.571. The van der Waals surface area contributed by atoms with Crippen LogP contribution in [0.5, 0.6) is 5.75 Å². The van der Waals surface area contributed by atoms with Gasteiger partial charge in [0, 0.05) is 5.54 Å². The summed E-state index contributed by atoms with van der Waals surface area (Å²) in [5.74, 6) is 0.424. The average molecular weight is 300 g/mol. The van der Waals surface area contributed by atoms with Crippen molar-refractivity contribution in [3.05, 3.63) is 24.3 Å². The number of hydrogen-bond acceptors (Lipinski definition) is 4. The minimum absolute atomic E-state index is 0.0764. The number of anilines is 1. The van der Waals surface area contributed by atoms with Crippen LogP contribution < -0.4 is 15.2 Å². The average Bonchev–Trinajstić information content (AvgIpc) is 2.40. The molecule has 0 unspecified atom stereocenters. The molecule has 0 saturated heterocycles. The maximum atomic E-state index is 12.0. The van der Waals surface area contributed by atoms with E-state index in [1.165, 1.54) is 0 Å². The van der Waals surface area contributed by atoms with Gasteiger partial charge < -0.3 is 10.5 Å². The van der Waals surface area contributed by atoms with E-state index < -0.39 is 15.6 Å². The third kappa shape index (κ3) is 5.02. The van der Waals surface area contributed by atoms with Crippen molar-refractivity contribution < 1.29 is 13.2 Å². The van der Waals surface area contributed by atoms with Gasteiger partial charge in [-0.1, -0.05) is 26.0 Å². The molecule has 0 aromatic heterocycles. The van der Waals surface area contributed by atoms with Crippen molar-refractivity contribution in [1.82, 2.24) is 4.72 Å². The highest BCUT2D eigenvalue weighted by Gasteiger charge is 2.25. The highest BCUT2D eigenvalue weighted by Crippen LogP contribution is 2.20. The number of hydrogen-bond donors (Lipinski definition) is 2. The third-order valence-corrected chi connectivity index (χ3v) is 5.00. The second-order valence-electron chi connectivity index (χ2n) is 5.07. The molecule has 0 saturated carbocycles. The molecule has 0 bridgehead atoms. The van der Waals surface area contributed by atoms with Gasteiger partial charge in [-0.25, -0.2) is 13.1 Å². The van der Waals surface area contributed by atoms with E-state index in [2.05, 4.69) is 4.72 Å². The number of nitrogens with two attached hydrogens (primary N) is 1. The van der Waals surface area contributed by atoms with E-state index in [0.717, 1.165) is 12.8 Å². The summed E-state index contributed by atoms with van der Waals surface area (Å²) < 4.78 is 32.2. The Morgan fingerprint density at radius 3 is 2.40 bits per heavy atom. The van der Waals surface area contributed by atoms with E-state index in [4.69, 9.17) is 10.5 Å². The van der Waals surface area contributed by atoms with E-state index in [1.54, 1.807) is 24.3 Å². The summed E-state index contributed by atoms with van der Waals surface area (Å²) in [6, 6.07) is 7.03. The second-order valence-corrected chi connectivity index (χ2v) is 6.92. The number of nitrogens with one attached hydrogen (secondary N) is 1. The van der Waals surface area contributed by atoms with Gasteiger partial charge in [-0.3, -0.25) is 0 Å². The SMILES string of the molecule is CCC(C)(CC)NS(=O)(=O)CCOc1ccccc1N. The fourth-order valence-corrected chi connectivity index (χ4v) is 3.14. The van der Waals surface area contributed by atoms with E-state index >= 15 is 0 Å². The van der Waals surface area contributed by atoms with Gasteiger partial charge in [-0.2, -0.15) is 0 Å². The van der Waals surface area contributed by atoms with Crippen LogP contribution in [0, 0.1) is 0 Å². The molecule has 0 amide bonds. The number of para-hydroxylation sites is 2. The van der Waals surface area contributed by atoms with E-state index in [0.29, 0.717) is 11.4 Å². The molecule has 1 rings (SSSR count). The lowest BCUT2D eigenvalue weighted by Gasteiger charge is -2.27. The van der Waals surface area contributed by atoms with Crippen LogP contribution >= 0.6 is 0 Å². The van der Waals surface area contributed by atoms with Crippen LogP contribution in [-0.4, -0.2) is 26.3 Å². The quantitative estimate of drug-likeness (QED) is 0.721. The zero-order chi connectivity index (χ0) is 15.2. The molecule has 0 aliphatic carbocycles. The van der Waals surface area contributed by atoms with Gasteiger partial charge in [0.05, 0.1) is 11.4 Å². The van der Waals surface area contributed by atoms with Gasteiger partial charge >= 0.3 is 0 Å². The molecule has 1 aromatic rings. The van der Waals surface area contributed by atoms with Crippen LogP contribution in [0.15, 0.2) is 24.3 Å². The Labute approximate surface area is 121 Å². The standard InChI is InChI=1S/C14H24N2O3S/c1-4-14(3,5-2)16-20(17,18)11-10-19-13-9-7-6-8-12(13)15/h6-9,16H,4-5,10-11,15H2,1-3H3. The third-order valence-electron chi connectivity index (χ3n) is 3.49. The predicted octanol–water partition coefficient (Wildman–Crippen LogP) is 2.15. The molecule has 5 nitrogen and oxygen atoms in total. The molecule has 20 heavy (non-hydrogen) atoms. The second kappa shape index (κ2) is 6.95. The molecule has 6 heteroatoms. The van der Waals surface area contributed by atoms with Crippen LogP contribution in [0.4, 0.5) is 5.69 Å². The van der Waals surface area contributed by atoms with E-state index in [9.17, 15) is 8.42 Å². The molecular formula is C14H24N2O3S. The van der Waals surface area contributed by atoms with E-state index in [-0.39, 0.29) is 12.4 Å². The van der Waals surface area contributed by atoms with Crippen molar-refractivity contribution >= 4 is 15.7 Å². The lowest BCUT2D eigenvalue weighted by atomic mass is 9.98. The minimum Gasteiger partial charge on any atom is -0.490 e. The van der Waals surface area contributed by atoms with Gasteiger partial charge in [0.2, 0.25) is 10.0 Å². The van der Waals surface area contributed by atoms with Crippen LogP contribution in [0.25, 0.3) is 0 Å². The Kier molecular flexibility index (Phi) is 5.83. The van der Waals surface area contributed by atoms with E-state index in [1.807, 2.05) is 20.8 Å². The maximum Gasteiger partial charge on any atom is 0.215 e. The maximum absolute atomic E-state index is 12.0. The van der Waals surface area contributed by atoms with Gasteiger partial charge in [0.25, 0.3) is 0 Å². The Balaban J connectivity index is 2.54. The van der Waals surface area contributed by atoms with Gasteiger partial charge in [0.15, 0.2) is 0 Å². The summed E-state index contributed by atoms with van der Waals surface area (Å²) in [6.45, 7) is 5.91. The molecule has 0 atom stereocenters. The zero-order valence-electron chi connectivity index (χ0n) is 12.3. The number of benzene rings is 1.